The van der Waals surface area contributed by atoms with Crippen LogP contribution in [0.5, 0.6) is 0 Å². The molecule has 176 valence electrons. The molecule has 5 aromatic carbocycles. The molecule has 0 bridgehead atoms. The summed E-state index contributed by atoms with van der Waals surface area (Å²) >= 11 is 6.17. The molecule has 5 heteroatoms. The lowest BCUT2D eigenvalue weighted by atomic mass is 9.89. The minimum absolute atomic E-state index is 0.00648. The molecule has 4 nitrogen and oxygen atoms in total. The van der Waals surface area contributed by atoms with Gasteiger partial charge in [-0.15, -0.1) is 0 Å². The molecule has 0 aliphatic carbocycles. The number of halogens is 1. The number of anilines is 1. The van der Waals surface area contributed by atoms with Crippen LogP contribution in [0.4, 0.5) is 5.69 Å². The maximum atomic E-state index is 6.17. The van der Waals surface area contributed by atoms with E-state index in [-0.39, 0.29) is 6.04 Å². The minimum atomic E-state index is -0.00648. The zero-order valence-electron chi connectivity index (χ0n) is 19.9. The average molecular weight is 489 g/mol. The van der Waals surface area contributed by atoms with Crippen molar-refractivity contribution in [1.82, 2.24) is 5.01 Å². The maximum Gasteiger partial charge on any atom is 0.142 e. The molecule has 1 aliphatic heterocycles. The van der Waals surface area contributed by atoms with Crippen molar-refractivity contribution in [2.45, 2.75) is 19.4 Å². The topological polar surface area (TPSA) is 40.0 Å². The number of hydrogen-bond donors (Lipinski definition) is 1. The standard InChI is InChI=1S/C31H25ClN4/c1-21(33-34-26-11-3-2-4-12-26)36-30(20-29(35-36)22-15-17-25(32)18-16-22)31-27-13-7-5-9-23(27)19-24-10-6-8-14-28(24)31/h2-19,30,34H,20H2,1H3/b33-21-. The second-order valence-electron chi connectivity index (χ2n) is 8.99. The number of para-hydroxylation sites is 1. The van der Waals surface area contributed by atoms with E-state index in [0.717, 1.165) is 34.2 Å². The average Bonchev–Trinajstić information content (AvgIpc) is 3.36. The van der Waals surface area contributed by atoms with E-state index in [1.807, 2.05) is 61.5 Å². The van der Waals surface area contributed by atoms with Gasteiger partial charge in [0, 0.05) is 11.4 Å². The van der Waals surface area contributed by atoms with Crippen LogP contribution in [0.25, 0.3) is 21.5 Å². The SMILES string of the molecule is C/C(=N/Nc1ccccc1)N1N=C(c2ccc(Cl)cc2)CC1c1c2ccccc2cc2ccccc12. The number of nitrogens with zero attached hydrogens (tertiary/aromatic N) is 3. The molecule has 0 fully saturated rings. The Morgan fingerprint density at radius 2 is 1.44 bits per heavy atom. The molecule has 6 rings (SSSR count). The zero-order chi connectivity index (χ0) is 24.5. The number of fused-ring (bicyclic) bond motifs is 2. The molecule has 0 amide bonds. The highest BCUT2D eigenvalue weighted by atomic mass is 35.5. The molecule has 0 spiro atoms. The van der Waals surface area contributed by atoms with Gasteiger partial charge in [0.25, 0.3) is 0 Å². The summed E-state index contributed by atoms with van der Waals surface area (Å²) in [5, 5.41) is 17.5. The van der Waals surface area contributed by atoms with Crippen molar-refractivity contribution in [3.63, 3.8) is 0 Å². The van der Waals surface area contributed by atoms with Crippen LogP contribution in [0, 0.1) is 0 Å². The molecular formula is C31H25ClN4. The predicted octanol–water partition coefficient (Wildman–Crippen LogP) is 8.24. The van der Waals surface area contributed by atoms with Crippen LogP contribution in [0.2, 0.25) is 5.02 Å². The van der Waals surface area contributed by atoms with E-state index in [1.165, 1.54) is 27.1 Å². The van der Waals surface area contributed by atoms with E-state index in [9.17, 15) is 0 Å². The lowest BCUT2D eigenvalue weighted by Crippen LogP contribution is -2.26. The van der Waals surface area contributed by atoms with E-state index in [4.69, 9.17) is 21.8 Å². The summed E-state index contributed by atoms with van der Waals surface area (Å²) in [5.41, 5.74) is 7.48. The number of hydrogen-bond acceptors (Lipinski definition) is 3. The van der Waals surface area contributed by atoms with Crippen LogP contribution in [0.15, 0.2) is 119 Å². The molecule has 5 aromatic rings. The Morgan fingerprint density at radius 1 is 0.833 bits per heavy atom. The van der Waals surface area contributed by atoms with Crippen molar-refractivity contribution in [3.8, 4) is 0 Å². The number of nitrogens with one attached hydrogen (secondary N) is 1. The third-order valence-corrected chi connectivity index (χ3v) is 6.94. The largest absolute Gasteiger partial charge is 0.277 e. The van der Waals surface area contributed by atoms with E-state index >= 15 is 0 Å². The Bertz CT molecular complexity index is 1550. The highest BCUT2D eigenvalue weighted by Crippen LogP contribution is 2.41. The first-order valence-electron chi connectivity index (χ1n) is 12.1. The highest BCUT2D eigenvalue weighted by Gasteiger charge is 2.33. The van der Waals surface area contributed by atoms with Gasteiger partial charge in [0.15, 0.2) is 0 Å². The van der Waals surface area contributed by atoms with E-state index in [2.05, 4.69) is 65.0 Å². The minimum Gasteiger partial charge on any atom is -0.277 e. The van der Waals surface area contributed by atoms with Crippen LogP contribution in [-0.4, -0.2) is 16.6 Å². The maximum absolute atomic E-state index is 6.17. The Kier molecular flexibility index (Phi) is 5.88. The van der Waals surface area contributed by atoms with Gasteiger partial charge in [-0.25, -0.2) is 5.01 Å². The van der Waals surface area contributed by atoms with E-state index in [0.29, 0.717) is 0 Å². The molecule has 1 N–H and O–H groups in total. The zero-order valence-corrected chi connectivity index (χ0v) is 20.7. The molecule has 0 saturated carbocycles. The quantitative estimate of drug-likeness (QED) is 0.120. The smallest absolute Gasteiger partial charge is 0.142 e. The first kappa shape index (κ1) is 22.3. The van der Waals surface area contributed by atoms with E-state index < -0.39 is 0 Å². The van der Waals surface area contributed by atoms with Gasteiger partial charge in [-0.2, -0.15) is 10.2 Å². The van der Waals surface area contributed by atoms with Crippen molar-refractivity contribution >= 4 is 50.4 Å². The van der Waals surface area contributed by atoms with Crippen molar-refractivity contribution in [3.05, 3.63) is 125 Å². The summed E-state index contributed by atoms with van der Waals surface area (Å²) in [6.45, 7) is 2.00. The lowest BCUT2D eigenvalue weighted by molar-refractivity contribution is 0.371. The summed E-state index contributed by atoms with van der Waals surface area (Å²) in [7, 11) is 0. The molecule has 1 unspecified atom stereocenters. The summed E-state index contributed by atoms with van der Waals surface area (Å²) in [6, 6.07) is 37.4. The summed E-state index contributed by atoms with van der Waals surface area (Å²) in [6.07, 6.45) is 0.762. The number of rotatable bonds is 4. The lowest BCUT2D eigenvalue weighted by Gasteiger charge is -2.26. The molecule has 1 atom stereocenters. The summed E-state index contributed by atoms with van der Waals surface area (Å²) < 4.78 is 0. The van der Waals surface area contributed by atoms with Crippen molar-refractivity contribution in [2.24, 2.45) is 10.2 Å². The molecule has 0 radical (unpaired) electrons. The van der Waals surface area contributed by atoms with Crippen molar-refractivity contribution < 1.29 is 0 Å². The van der Waals surface area contributed by atoms with E-state index in [1.54, 1.807) is 0 Å². The molecule has 1 aliphatic rings. The molecular weight excluding hydrogens is 464 g/mol. The second-order valence-corrected chi connectivity index (χ2v) is 9.42. The fourth-order valence-electron chi connectivity index (χ4n) is 4.97. The number of benzene rings is 5. The van der Waals surface area contributed by atoms with Gasteiger partial charge < -0.3 is 0 Å². The van der Waals surface area contributed by atoms with Crippen LogP contribution in [0.3, 0.4) is 0 Å². The Labute approximate surface area is 215 Å². The summed E-state index contributed by atoms with van der Waals surface area (Å²) in [5.74, 6) is 0.796. The van der Waals surface area contributed by atoms with Crippen LogP contribution < -0.4 is 5.43 Å². The third-order valence-electron chi connectivity index (χ3n) is 6.69. The number of hydrazone groups is 2. The first-order chi connectivity index (χ1) is 17.7. The van der Waals surface area contributed by atoms with Gasteiger partial charge in [-0.3, -0.25) is 5.43 Å². The Balaban J connectivity index is 1.49. The predicted molar refractivity (Wildman–Crippen MR) is 152 cm³/mol. The van der Waals surface area contributed by atoms with Gasteiger partial charge in [0.1, 0.15) is 5.84 Å². The van der Waals surface area contributed by atoms with Gasteiger partial charge in [0.05, 0.1) is 17.4 Å². The molecule has 0 aromatic heterocycles. The number of amidine groups is 1. The molecule has 36 heavy (non-hydrogen) atoms. The fraction of sp³-hybridized carbons (Fsp3) is 0.0968. The third kappa shape index (κ3) is 4.21. The van der Waals surface area contributed by atoms with Gasteiger partial charge >= 0.3 is 0 Å². The van der Waals surface area contributed by atoms with Gasteiger partial charge in [-0.1, -0.05) is 90.5 Å². The van der Waals surface area contributed by atoms with Crippen molar-refractivity contribution in [2.75, 3.05) is 5.43 Å². The van der Waals surface area contributed by atoms with Crippen LogP contribution in [-0.2, 0) is 0 Å². The Morgan fingerprint density at radius 3 is 2.11 bits per heavy atom. The monoisotopic (exact) mass is 488 g/mol. The Hall–Kier alpha value is -4.15. The summed E-state index contributed by atoms with van der Waals surface area (Å²) in [4.78, 5) is 0. The molecule has 0 saturated heterocycles. The van der Waals surface area contributed by atoms with Crippen LogP contribution >= 0.6 is 11.6 Å². The first-order valence-corrected chi connectivity index (χ1v) is 12.4. The van der Waals surface area contributed by atoms with Gasteiger partial charge in [-0.05, 0) is 69.9 Å². The highest BCUT2D eigenvalue weighted by molar-refractivity contribution is 6.30. The second kappa shape index (κ2) is 9.48. The fourth-order valence-corrected chi connectivity index (χ4v) is 5.09. The van der Waals surface area contributed by atoms with Crippen molar-refractivity contribution in [1.29, 1.82) is 0 Å². The normalized spacial score (nSPS) is 15.9. The van der Waals surface area contributed by atoms with Gasteiger partial charge in [0.2, 0.25) is 0 Å². The molecule has 1 heterocycles. The van der Waals surface area contributed by atoms with Crippen LogP contribution in [0.1, 0.15) is 30.5 Å².